The van der Waals surface area contributed by atoms with E-state index in [1.54, 1.807) is 0 Å². The highest BCUT2D eigenvalue weighted by Gasteiger charge is 2.12. The summed E-state index contributed by atoms with van der Waals surface area (Å²) in [5.41, 5.74) is 0. The highest BCUT2D eigenvalue weighted by atomic mass is 16.6. The van der Waals surface area contributed by atoms with E-state index < -0.39 is 11.9 Å². The predicted octanol–water partition coefficient (Wildman–Crippen LogP) is 22.3. The minimum Gasteiger partial charge on any atom is -0.465 e. The number of carbonyl (C=O) groups excluding carboxylic acids is 2. The van der Waals surface area contributed by atoms with Crippen LogP contribution in [0.3, 0.4) is 0 Å². The van der Waals surface area contributed by atoms with Gasteiger partial charge in [0, 0.05) is 0 Å². The standard InChI is InChI=1S/C63H124O4/c1-3-5-7-9-11-13-15-17-19-21-23-25-27-29-31-33-35-37-39-41-43-45-47-49-51-53-55-57-59-66-62(64)61-63(65)67-60-58-56-54-52-50-48-46-44-42-40-38-36-34-32-30-28-26-24-22-20-18-16-14-12-10-8-6-4-2/h3-61H2,1-2H3. The third-order valence-corrected chi connectivity index (χ3v) is 14.8. The lowest BCUT2D eigenvalue weighted by molar-refractivity contribution is -0.154. The number of hydrogen-bond donors (Lipinski definition) is 0. The van der Waals surface area contributed by atoms with Gasteiger partial charge in [-0.2, -0.15) is 0 Å². The van der Waals surface area contributed by atoms with Crippen LogP contribution in [0.2, 0.25) is 0 Å². The summed E-state index contributed by atoms with van der Waals surface area (Å²) < 4.78 is 10.6. The van der Waals surface area contributed by atoms with Crippen molar-refractivity contribution >= 4 is 11.9 Å². The van der Waals surface area contributed by atoms with Crippen LogP contribution in [-0.2, 0) is 19.1 Å². The first-order valence-corrected chi connectivity index (χ1v) is 31.5. The summed E-state index contributed by atoms with van der Waals surface area (Å²) in [6, 6.07) is 0. The fraction of sp³-hybridized carbons (Fsp3) is 0.968. The molecule has 0 unspecified atom stereocenters. The first kappa shape index (κ1) is 65.9. The van der Waals surface area contributed by atoms with E-state index in [-0.39, 0.29) is 6.42 Å². The van der Waals surface area contributed by atoms with E-state index in [0.717, 1.165) is 25.7 Å². The van der Waals surface area contributed by atoms with E-state index in [0.29, 0.717) is 13.2 Å². The maximum Gasteiger partial charge on any atom is 0.317 e. The van der Waals surface area contributed by atoms with E-state index in [1.807, 2.05) is 0 Å². The van der Waals surface area contributed by atoms with Gasteiger partial charge in [0.15, 0.2) is 0 Å². The number of carbonyl (C=O) groups is 2. The molecule has 0 aromatic carbocycles. The molecule has 0 aromatic rings. The smallest absolute Gasteiger partial charge is 0.317 e. The van der Waals surface area contributed by atoms with Crippen molar-refractivity contribution in [1.29, 1.82) is 0 Å². The monoisotopic (exact) mass is 945 g/mol. The second-order valence-corrected chi connectivity index (χ2v) is 21.7. The van der Waals surface area contributed by atoms with Gasteiger partial charge in [0.1, 0.15) is 6.42 Å². The molecule has 0 aliphatic carbocycles. The molecular weight excluding hydrogens is 821 g/mol. The molecule has 0 aliphatic rings. The third-order valence-electron chi connectivity index (χ3n) is 14.8. The second kappa shape index (κ2) is 61.1. The van der Waals surface area contributed by atoms with Gasteiger partial charge in [-0.1, -0.05) is 361 Å². The lowest BCUT2D eigenvalue weighted by atomic mass is 10.0. The van der Waals surface area contributed by atoms with E-state index in [2.05, 4.69) is 13.8 Å². The second-order valence-electron chi connectivity index (χ2n) is 21.7. The maximum atomic E-state index is 12.0. The van der Waals surface area contributed by atoms with Gasteiger partial charge in [0.2, 0.25) is 0 Å². The Morgan fingerprint density at radius 1 is 0.194 bits per heavy atom. The first-order valence-electron chi connectivity index (χ1n) is 31.5. The average Bonchev–Trinajstić information content (AvgIpc) is 3.33. The van der Waals surface area contributed by atoms with Crippen LogP contribution in [0.4, 0.5) is 0 Å². The van der Waals surface area contributed by atoms with Crippen LogP contribution >= 0.6 is 0 Å². The fourth-order valence-corrected chi connectivity index (χ4v) is 10.1. The topological polar surface area (TPSA) is 52.6 Å². The Balaban J connectivity index is 3.22. The molecule has 0 atom stereocenters. The molecule has 0 fully saturated rings. The summed E-state index contributed by atoms with van der Waals surface area (Å²) in [6.45, 7) is 5.45. The van der Waals surface area contributed by atoms with Gasteiger partial charge in [0.05, 0.1) is 13.2 Å². The zero-order valence-electron chi connectivity index (χ0n) is 46.4. The molecule has 4 nitrogen and oxygen atoms in total. The van der Waals surface area contributed by atoms with E-state index in [4.69, 9.17) is 9.47 Å². The van der Waals surface area contributed by atoms with Crippen molar-refractivity contribution in [1.82, 2.24) is 0 Å². The van der Waals surface area contributed by atoms with Crippen molar-refractivity contribution in [3.05, 3.63) is 0 Å². The SMILES string of the molecule is CCCCCCCCCCCCCCCCCCCCCCCCCCCCCCOC(=O)CC(=O)OCCCCCCCCCCCCCCCCCCCCCCCCCCCCCC. The Kier molecular flexibility index (Phi) is 60.1. The zero-order valence-corrected chi connectivity index (χ0v) is 46.4. The highest BCUT2D eigenvalue weighted by molar-refractivity contribution is 5.91. The van der Waals surface area contributed by atoms with Crippen LogP contribution < -0.4 is 0 Å². The largest absolute Gasteiger partial charge is 0.465 e. The zero-order chi connectivity index (χ0) is 48.3. The molecule has 0 heterocycles. The molecular formula is C63H124O4. The Labute approximate surface area is 422 Å². The van der Waals surface area contributed by atoms with Gasteiger partial charge in [-0.15, -0.1) is 0 Å². The van der Waals surface area contributed by atoms with Crippen LogP contribution in [0, 0.1) is 0 Å². The van der Waals surface area contributed by atoms with Crippen molar-refractivity contribution < 1.29 is 19.1 Å². The van der Waals surface area contributed by atoms with Crippen LogP contribution in [0.1, 0.15) is 380 Å². The first-order chi connectivity index (χ1) is 33.2. The molecule has 0 bridgehead atoms. The molecule has 0 spiro atoms. The minimum absolute atomic E-state index is 0.251. The van der Waals surface area contributed by atoms with Crippen LogP contribution in [0.5, 0.6) is 0 Å². The Morgan fingerprint density at radius 2 is 0.313 bits per heavy atom. The third kappa shape index (κ3) is 61.0. The minimum atomic E-state index is -0.439. The highest BCUT2D eigenvalue weighted by Crippen LogP contribution is 2.19. The van der Waals surface area contributed by atoms with Crippen molar-refractivity contribution in [2.45, 2.75) is 380 Å². The van der Waals surface area contributed by atoms with Crippen molar-refractivity contribution in [2.75, 3.05) is 13.2 Å². The van der Waals surface area contributed by atoms with Crippen molar-refractivity contribution in [3.63, 3.8) is 0 Å². The molecule has 0 amide bonds. The quantitative estimate of drug-likeness (QED) is 0.0346. The molecule has 0 aliphatic heterocycles. The summed E-state index contributed by atoms with van der Waals surface area (Å²) in [5, 5.41) is 0. The summed E-state index contributed by atoms with van der Waals surface area (Å²) in [5.74, 6) is -0.879. The Bertz CT molecular complexity index is 846. The lowest BCUT2D eigenvalue weighted by Crippen LogP contribution is -2.15. The Hall–Kier alpha value is -1.06. The van der Waals surface area contributed by atoms with Gasteiger partial charge >= 0.3 is 11.9 Å². The normalized spacial score (nSPS) is 11.5. The number of esters is 2. The molecule has 4 heteroatoms. The van der Waals surface area contributed by atoms with Crippen LogP contribution in [0.25, 0.3) is 0 Å². The van der Waals surface area contributed by atoms with Crippen LogP contribution in [0.15, 0.2) is 0 Å². The average molecular weight is 946 g/mol. The molecule has 0 saturated carbocycles. The van der Waals surface area contributed by atoms with Gasteiger partial charge < -0.3 is 9.47 Å². The van der Waals surface area contributed by atoms with E-state index in [9.17, 15) is 9.59 Å². The summed E-state index contributed by atoms with van der Waals surface area (Å²) in [4.78, 5) is 24.1. The molecule has 0 aromatic heterocycles. The number of unbranched alkanes of at least 4 members (excludes halogenated alkanes) is 54. The van der Waals surface area contributed by atoms with Gasteiger partial charge in [-0.25, -0.2) is 0 Å². The molecule has 0 N–H and O–H groups in total. The van der Waals surface area contributed by atoms with Gasteiger partial charge in [-0.3, -0.25) is 9.59 Å². The molecule has 0 rings (SSSR count). The van der Waals surface area contributed by atoms with Gasteiger partial charge in [-0.05, 0) is 12.8 Å². The number of rotatable bonds is 60. The van der Waals surface area contributed by atoms with Crippen molar-refractivity contribution in [3.8, 4) is 0 Å². The maximum absolute atomic E-state index is 12.0. The Morgan fingerprint density at radius 3 is 0.448 bits per heavy atom. The van der Waals surface area contributed by atoms with E-state index in [1.165, 1.54) is 334 Å². The number of ether oxygens (including phenoxy) is 2. The number of hydrogen-bond acceptors (Lipinski definition) is 4. The van der Waals surface area contributed by atoms with Gasteiger partial charge in [0.25, 0.3) is 0 Å². The lowest BCUT2D eigenvalue weighted by Gasteiger charge is -2.07. The van der Waals surface area contributed by atoms with Crippen molar-refractivity contribution in [2.24, 2.45) is 0 Å². The molecule has 400 valence electrons. The van der Waals surface area contributed by atoms with Crippen LogP contribution in [-0.4, -0.2) is 25.2 Å². The summed E-state index contributed by atoms with van der Waals surface area (Å²) in [6.07, 6.45) is 77.6. The molecule has 67 heavy (non-hydrogen) atoms. The fourth-order valence-electron chi connectivity index (χ4n) is 10.1. The van der Waals surface area contributed by atoms with E-state index >= 15 is 0 Å². The summed E-state index contributed by atoms with van der Waals surface area (Å²) in [7, 11) is 0. The molecule has 0 saturated heterocycles. The summed E-state index contributed by atoms with van der Waals surface area (Å²) >= 11 is 0. The predicted molar refractivity (Wildman–Crippen MR) is 296 cm³/mol. The molecule has 0 radical (unpaired) electrons.